The minimum Gasteiger partial charge on any atom is -0.439 e. The molecule has 1 fully saturated rings. The van der Waals surface area contributed by atoms with Crippen LogP contribution in [0.5, 0.6) is 0 Å². The molecule has 0 atom stereocenters. The number of hydrogen-bond acceptors (Lipinski definition) is 10. The molecule has 4 aromatic rings. The maximum Gasteiger partial charge on any atom is 0.204 e. The Labute approximate surface area is 198 Å². The lowest BCUT2D eigenvalue weighted by Crippen LogP contribution is -2.36. The predicted molar refractivity (Wildman–Crippen MR) is 130 cm³/mol. The molecule has 0 spiro atoms. The van der Waals surface area contributed by atoms with Gasteiger partial charge in [-0.1, -0.05) is 24.3 Å². The fourth-order valence-electron chi connectivity index (χ4n) is 3.54. The van der Waals surface area contributed by atoms with E-state index in [4.69, 9.17) is 19.4 Å². The molecule has 4 heterocycles. The number of aromatic nitrogens is 3. The molecule has 0 aliphatic carbocycles. The van der Waals surface area contributed by atoms with E-state index in [-0.39, 0.29) is 23.4 Å². The highest BCUT2D eigenvalue weighted by atomic mass is 32.1. The standard InChI is InChI=1S/C22H19N5O3S.CH3NO/c1-13-4-2-3-5-14(13)18(23)22-25-12-24-21(26-22)15-11-31-20-16(28)10-17(30-19(15)20)27-6-8-29-9-7-27;2-1-3/h2-5,10-12,23H,6-9H2,1H3;1H,(H2,2,3). The van der Waals surface area contributed by atoms with Crippen molar-refractivity contribution in [3.05, 3.63) is 69.2 Å². The molecule has 0 radical (unpaired) electrons. The lowest BCUT2D eigenvalue weighted by molar-refractivity contribution is -0.106. The number of hydrogen-bond donors (Lipinski definition) is 2. The van der Waals surface area contributed by atoms with Gasteiger partial charge in [0.15, 0.2) is 23.1 Å². The van der Waals surface area contributed by atoms with Crippen molar-refractivity contribution >= 4 is 39.6 Å². The molecule has 34 heavy (non-hydrogen) atoms. The average Bonchev–Trinajstić information content (AvgIpc) is 3.30. The zero-order chi connectivity index (χ0) is 24.1. The Kier molecular flexibility index (Phi) is 7.04. The first-order valence-corrected chi connectivity index (χ1v) is 11.3. The van der Waals surface area contributed by atoms with Gasteiger partial charge in [-0.2, -0.15) is 0 Å². The molecule has 0 unspecified atom stereocenters. The summed E-state index contributed by atoms with van der Waals surface area (Å²) in [6, 6.07) is 9.15. The number of carbonyl (C=O) groups excluding carboxylic acids is 1. The SMILES string of the molecule is Cc1ccccc1C(=N)c1ncnc(-c2csc3c(=O)cc(N4CCOCC4)oc23)n1.NC=O. The Bertz CT molecular complexity index is 1390. The third kappa shape index (κ3) is 4.70. The van der Waals surface area contributed by atoms with Gasteiger partial charge in [-0.25, -0.2) is 15.0 Å². The predicted octanol–water partition coefficient (Wildman–Crippen LogP) is 2.37. The monoisotopic (exact) mass is 478 g/mol. The molecule has 11 heteroatoms. The first kappa shape index (κ1) is 23.2. The number of fused-ring (bicyclic) bond motifs is 1. The second-order valence-corrected chi connectivity index (χ2v) is 8.19. The van der Waals surface area contributed by atoms with E-state index < -0.39 is 0 Å². The first-order chi connectivity index (χ1) is 16.5. The summed E-state index contributed by atoms with van der Waals surface area (Å²) < 4.78 is 12.0. The van der Waals surface area contributed by atoms with Crippen LogP contribution in [0.1, 0.15) is 17.0 Å². The zero-order valence-corrected chi connectivity index (χ0v) is 19.2. The molecular weight excluding hydrogens is 456 g/mol. The van der Waals surface area contributed by atoms with Crippen LogP contribution in [0.4, 0.5) is 5.88 Å². The number of thiophene rings is 1. The molecule has 1 saturated heterocycles. The fourth-order valence-corrected chi connectivity index (χ4v) is 4.43. The van der Waals surface area contributed by atoms with Gasteiger partial charge in [0, 0.05) is 30.1 Å². The third-order valence-electron chi connectivity index (χ3n) is 5.20. The molecular formula is C23H22N6O4S. The second kappa shape index (κ2) is 10.3. The van der Waals surface area contributed by atoms with Gasteiger partial charge in [-0.15, -0.1) is 11.3 Å². The van der Waals surface area contributed by atoms with E-state index in [0.29, 0.717) is 53.9 Å². The van der Waals surface area contributed by atoms with Crippen LogP contribution < -0.4 is 16.1 Å². The Hall–Kier alpha value is -3.96. The van der Waals surface area contributed by atoms with Crippen LogP contribution in [0.25, 0.3) is 21.7 Å². The number of nitrogens with zero attached hydrogens (tertiary/aromatic N) is 4. The van der Waals surface area contributed by atoms with Crippen LogP contribution in [-0.4, -0.2) is 53.4 Å². The highest BCUT2D eigenvalue weighted by Crippen LogP contribution is 2.33. The van der Waals surface area contributed by atoms with Crippen molar-refractivity contribution in [2.75, 3.05) is 31.2 Å². The zero-order valence-electron chi connectivity index (χ0n) is 18.4. The number of benzene rings is 1. The summed E-state index contributed by atoms with van der Waals surface area (Å²) in [6.07, 6.45) is 1.64. The Morgan fingerprint density at radius 3 is 2.71 bits per heavy atom. The molecule has 0 saturated carbocycles. The maximum atomic E-state index is 12.7. The molecule has 10 nitrogen and oxygen atoms in total. The molecule has 174 valence electrons. The number of aryl methyl sites for hydroxylation is 1. The van der Waals surface area contributed by atoms with E-state index in [1.165, 1.54) is 23.7 Å². The molecule has 5 rings (SSSR count). The lowest BCUT2D eigenvalue weighted by Gasteiger charge is -2.27. The number of rotatable bonds is 4. The number of primary amides is 1. The van der Waals surface area contributed by atoms with Crippen molar-refractivity contribution in [2.24, 2.45) is 5.73 Å². The van der Waals surface area contributed by atoms with Gasteiger partial charge in [-0.3, -0.25) is 15.0 Å². The molecule has 1 aliphatic heterocycles. The molecule has 1 aromatic carbocycles. The molecule has 3 aromatic heterocycles. The third-order valence-corrected chi connectivity index (χ3v) is 6.18. The summed E-state index contributed by atoms with van der Waals surface area (Å²) in [5, 5.41) is 10.4. The number of morpholine rings is 1. The summed E-state index contributed by atoms with van der Waals surface area (Å²) in [6.45, 7) is 4.46. The van der Waals surface area contributed by atoms with Crippen LogP contribution in [0, 0.1) is 12.3 Å². The van der Waals surface area contributed by atoms with Crippen molar-refractivity contribution in [3.8, 4) is 11.4 Å². The summed E-state index contributed by atoms with van der Waals surface area (Å²) in [5.74, 6) is 1.16. The minimum absolute atomic E-state index is 0.0964. The number of nitrogens with two attached hydrogens (primary N) is 1. The highest BCUT2D eigenvalue weighted by Gasteiger charge is 2.20. The topological polar surface area (TPSA) is 148 Å². The largest absolute Gasteiger partial charge is 0.439 e. The molecule has 1 amide bonds. The quantitative estimate of drug-likeness (QED) is 0.335. The van der Waals surface area contributed by atoms with E-state index in [1.54, 1.807) is 0 Å². The van der Waals surface area contributed by atoms with E-state index in [1.807, 2.05) is 41.5 Å². The number of amides is 1. The normalized spacial score (nSPS) is 13.3. The first-order valence-electron chi connectivity index (χ1n) is 10.4. The molecule has 1 aliphatic rings. The Morgan fingerprint density at radius 1 is 1.24 bits per heavy atom. The van der Waals surface area contributed by atoms with Crippen molar-refractivity contribution in [3.63, 3.8) is 0 Å². The van der Waals surface area contributed by atoms with E-state index in [9.17, 15) is 4.79 Å². The van der Waals surface area contributed by atoms with Crippen LogP contribution in [0.2, 0.25) is 0 Å². The van der Waals surface area contributed by atoms with Crippen molar-refractivity contribution in [1.29, 1.82) is 5.41 Å². The summed E-state index contributed by atoms with van der Waals surface area (Å²) in [5.41, 5.74) is 7.09. The fraction of sp³-hybridized carbons (Fsp3) is 0.217. The Morgan fingerprint density at radius 2 is 1.97 bits per heavy atom. The van der Waals surface area contributed by atoms with E-state index in [0.717, 1.165) is 11.1 Å². The maximum absolute atomic E-state index is 12.7. The van der Waals surface area contributed by atoms with Crippen LogP contribution in [0.15, 0.2) is 51.3 Å². The van der Waals surface area contributed by atoms with E-state index >= 15 is 0 Å². The smallest absolute Gasteiger partial charge is 0.204 e. The molecule has 0 bridgehead atoms. The van der Waals surface area contributed by atoms with Crippen molar-refractivity contribution in [2.45, 2.75) is 6.92 Å². The summed E-state index contributed by atoms with van der Waals surface area (Å²) in [7, 11) is 0. The minimum atomic E-state index is -0.0964. The summed E-state index contributed by atoms with van der Waals surface area (Å²) >= 11 is 1.30. The highest BCUT2D eigenvalue weighted by molar-refractivity contribution is 7.17. The van der Waals surface area contributed by atoms with Crippen LogP contribution in [-0.2, 0) is 9.53 Å². The van der Waals surface area contributed by atoms with Crippen LogP contribution in [0.3, 0.4) is 0 Å². The van der Waals surface area contributed by atoms with Gasteiger partial charge in [0.05, 0.1) is 18.8 Å². The number of nitrogens with one attached hydrogen (secondary N) is 1. The molecule has 3 N–H and O–H groups in total. The van der Waals surface area contributed by atoms with Gasteiger partial charge in [0.1, 0.15) is 16.7 Å². The summed E-state index contributed by atoms with van der Waals surface area (Å²) in [4.78, 5) is 36.3. The number of carbonyl (C=O) groups is 1. The van der Waals surface area contributed by atoms with Gasteiger partial charge in [-0.05, 0) is 12.5 Å². The van der Waals surface area contributed by atoms with Crippen molar-refractivity contribution < 1.29 is 13.9 Å². The Balaban J connectivity index is 0.000000868. The number of ether oxygens (including phenoxy) is 1. The van der Waals surface area contributed by atoms with Crippen LogP contribution >= 0.6 is 11.3 Å². The van der Waals surface area contributed by atoms with Gasteiger partial charge < -0.3 is 19.8 Å². The van der Waals surface area contributed by atoms with Gasteiger partial charge in [0.2, 0.25) is 11.8 Å². The lowest BCUT2D eigenvalue weighted by atomic mass is 10.0. The van der Waals surface area contributed by atoms with E-state index in [2.05, 4.69) is 20.7 Å². The van der Waals surface area contributed by atoms with Crippen molar-refractivity contribution in [1.82, 2.24) is 15.0 Å². The average molecular weight is 479 g/mol. The van der Waals surface area contributed by atoms with Gasteiger partial charge >= 0.3 is 0 Å². The second-order valence-electron chi connectivity index (χ2n) is 7.31. The van der Waals surface area contributed by atoms with Gasteiger partial charge in [0.25, 0.3) is 0 Å². The number of anilines is 1.